The quantitative estimate of drug-likeness (QED) is 0.396. The second kappa shape index (κ2) is 7.61. The lowest BCUT2D eigenvalue weighted by atomic mass is 10.5. The molecule has 0 spiro atoms. The van der Waals surface area contributed by atoms with Crippen LogP contribution in [0.3, 0.4) is 0 Å². The largest absolute Gasteiger partial charge is 0.374 e. The topological polar surface area (TPSA) is 64.9 Å². The summed E-state index contributed by atoms with van der Waals surface area (Å²) in [4.78, 5) is 0. The van der Waals surface area contributed by atoms with Crippen LogP contribution < -0.4 is 5.32 Å². The number of aromatic nitrogens is 4. The SMILES string of the molecule is CCCNCCn1nnnc1SCOC. The highest BCUT2D eigenvalue weighted by atomic mass is 32.2. The number of methoxy groups -OCH3 is 1. The van der Waals surface area contributed by atoms with Gasteiger partial charge in [0.1, 0.15) is 0 Å². The van der Waals surface area contributed by atoms with Gasteiger partial charge in [-0.05, 0) is 23.4 Å². The fourth-order valence-electron chi connectivity index (χ4n) is 1.04. The molecule has 0 aliphatic carbocycles. The van der Waals surface area contributed by atoms with Gasteiger partial charge in [0.25, 0.3) is 0 Å². The Kier molecular flexibility index (Phi) is 6.29. The normalized spacial score (nSPS) is 10.8. The molecule has 1 rings (SSSR count). The van der Waals surface area contributed by atoms with Crippen LogP contribution in [0.15, 0.2) is 5.16 Å². The fourth-order valence-corrected chi connectivity index (χ4v) is 1.63. The average Bonchev–Trinajstić information content (AvgIpc) is 2.69. The first kappa shape index (κ1) is 12.4. The molecule has 0 amide bonds. The highest BCUT2D eigenvalue weighted by Crippen LogP contribution is 2.12. The van der Waals surface area contributed by atoms with Crippen molar-refractivity contribution in [3.05, 3.63) is 0 Å². The van der Waals surface area contributed by atoms with Gasteiger partial charge in [-0.2, -0.15) is 0 Å². The lowest BCUT2D eigenvalue weighted by molar-refractivity contribution is 0.258. The molecule has 0 radical (unpaired) electrons. The molecule has 0 saturated heterocycles. The van der Waals surface area contributed by atoms with Crippen molar-refractivity contribution in [3.8, 4) is 0 Å². The smallest absolute Gasteiger partial charge is 0.211 e. The first-order valence-electron chi connectivity index (χ1n) is 4.97. The summed E-state index contributed by atoms with van der Waals surface area (Å²) >= 11 is 1.49. The van der Waals surface area contributed by atoms with Gasteiger partial charge in [0.15, 0.2) is 0 Å². The third-order valence-corrected chi connectivity index (χ3v) is 2.64. The molecule has 7 heteroatoms. The summed E-state index contributed by atoms with van der Waals surface area (Å²) in [5.41, 5.74) is 0. The molecule has 0 fully saturated rings. The van der Waals surface area contributed by atoms with Crippen molar-refractivity contribution in [1.29, 1.82) is 0 Å². The molecule has 0 bridgehead atoms. The maximum Gasteiger partial charge on any atom is 0.211 e. The van der Waals surface area contributed by atoms with Gasteiger partial charge >= 0.3 is 0 Å². The molecule has 1 aromatic heterocycles. The second-order valence-corrected chi connectivity index (χ2v) is 3.87. The molecular weight excluding hydrogens is 214 g/mol. The van der Waals surface area contributed by atoms with Crippen LogP contribution in [0.1, 0.15) is 13.3 Å². The van der Waals surface area contributed by atoms with Crippen LogP contribution in [-0.2, 0) is 11.3 Å². The highest BCUT2D eigenvalue weighted by molar-refractivity contribution is 7.99. The monoisotopic (exact) mass is 231 g/mol. The van der Waals surface area contributed by atoms with Gasteiger partial charge in [0.05, 0.1) is 12.5 Å². The van der Waals surface area contributed by atoms with Crippen molar-refractivity contribution in [2.45, 2.75) is 25.0 Å². The van der Waals surface area contributed by atoms with Gasteiger partial charge in [-0.25, -0.2) is 4.68 Å². The Hall–Kier alpha value is -0.660. The number of ether oxygens (including phenoxy) is 1. The van der Waals surface area contributed by atoms with Gasteiger partial charge in [-0.15, -0.1) is 5.10 Å². The standard InChI is InChI=1S/C8H17N5OS/c1-3-4-9-5-6-13-8(10-11-12-13)15-7-14-2/h9H,3-7H2,1-2H3. The molecule has 0 atom stereocenters. The van der Waals surface area contributed by atoms with Gasteiger partial charge in [0, 0.05) is 13.7 Å². The Morgan fingerprint density at radius 1 is 1.47 bits per heavy atom. The van der Waals surface area contributed by atoms with E-state index in [1.807, 2.05) is 0 Å². The minimum atomic E-state index is 0.572. The van der Waals surface area contributed by atoms with Crippen molar-refractivity contribution in [1.82, 2.24) is 25.5 Å². The van der Waals surface area contributed by atoms with Crippen LogP contribution in [0.25, 0.3) is 0 Å². The summed E-state index contributed by atoms with van der Waals surface area (Å²) < 4.78 is 6.74. The molecule has 15 heavy (non-hydrogen) atoms. The average molecular weight is 231 g/mol. The third kappa shape index (κ3) is 4.59. The third-order valence-electron chi connectivity index (χ3n) is 1.73. The van der Waals surface area contributed by atoms with Crippen molar-refractivity contribution in [2.75, 3.05) is 26.1 Å². The first-order chi connectivity index (χ1) is 7.38. The van der Waals surface area contributed by atoms with E-state index in [2.05, 4.69) is 27.8 Å². The minimum Gasteiger partial charge on any atom is -0.374 e. The molecule has 0 aliphatic heterocycles. The first-order valence-corrected chi connectivity index (χ1v) is 5.95. The fraction of sp³-hybridized carbons (Fsp3) is 0.875. The van der Waals surface area contributed by atoms with Crippen LogP contribution in [0.4, 0.5) is 0 Å². The van der Waals surface area contributed by atoms with E-state index in [0.29, 0.717) is 5.94 Å². The van der Waals surface area contributed by atoms with Crippen LogP contribution in [0.5, 0.6) is 0 Å². The maximum atomic E-state index is 4.95. The summed E-state index contributed by atoms with van der Waals surface area (Å²) in [6, 6.07) is 0. The summed E-state index contributed by atoms with van der Waals surface area (Å²) in [5, 5.41) is 15.5. The van der Waals surface area contributed by atoms with Gasteiger partial charge < -0.3 is 10.1 Å². The molecule has 6 nitrogen and oxygen atoms in total. The van der Waals surface area contributed by atoms with E-state index >= 15 is 0 Å². The molecule has 1 aromatic rings. The maximum absolute atomic E-state index is 4.95. The summed E-state index contributed by atoms with van der Waals surface area (Å²) in [6.45, 7) is 4.85. The number of thioether (sulfide) groups is 1. The minimum absolute atomic E-state index is 0.572. The van der Waals surface area contributed by atoms with E-state index in [1.54, 1.807) is 11.8 Å². The Labute approximate surface area is 93.8 Å². The predicted octanol–water partition coefficient (Wildman–Crippen LogP) is 0.369. The van der Waals surface area contributed by atoms with Crippen LogP contribution in [0.2, 0.25) is 0 Å². The zero-order valence-electron chi connectivity index (χ0n) is 9.14. The van der Waals surface area contributed by atoms with E-state index in [-0.39, 0.29) is 0 Å². The molecule has 0 aliphatic rings. The lowest BCUT2D eigenvalue weighted by Gasteiger charge is -2.04. The number of tetrazole rings is 1. The van der Waals surface area contributed by atoms with E-state index in [0.717, 1.165) is 31.2 Å². The number of hydrogen-bond acceptors (Lipinski definition) is 6. The Bertz CT molecular complexity index is 267. The van der Waals surface area contributed by atoms with Gasteiger partial charge in [0.2, 0.25) is 5.16 Å². The summed E-state index contributed by atoms with van der Waals surface area (Å²) in [5.74, 6) is 0.572. The lowest BCUT2D eigenvalue weighted by Crippen LogP contribution is -2.21. The zero-order valence-corrected chi connectivity index (χ0v) is 9.96. The van der Waals surface area contributed by atoms with Crippen molar-refractivity contribution in [2.24, 2.45) is 0 Å². The Morgan fingerprint density at radius 3 is 3.07 bits per heavy atom. The summed E-state index contributed by atoms with van der Waals surface area (Å²) in [6.07, 6.45) is 1.14. The predicted molar refractivity (Wildman–Crippen MR) is 58.7 cm³/mol. The van der Waals surface area contributed by atoms with E-state index in [1.165, 1.54) is 11.8 Å². The molecule has 86 valence electrons. The summed E-state index contributed by atoms with van der Waals surface area (Å²) in [7, 11) is 1.66. The number of hydrogen-bond donors (Lipinski definition) is 1. The number of rotatable bonds is 8. The Morgan fingerprint density at radius 2 is 2.33 bits per heavy atom. The molecule has 1 heterocycles. The molecule has 1 N–H and O–H groups in total. The number of nitrogens with one attached hydrogen (secondary N) is 1. The highest BCUT2D eigenvalue weighted by Gasteiger charge is 2.05. The van der Waals surface area contributed by atoms with Crippen LogP contribution >= 0.6 is 11.8 Å². The van der Waals surface area contributed by atoms with Gasteiger partial charge in [-0.1, -0.05) is 18.7 Å². The van der Waals surface area contributed by atoms with E-state index < -0.39 is 0 Å². The Balaban J connectivity index is 2.29. The molecule has 0 aromatic carbocycles. The zero-order chi connectivity index (χ0) is 10.9. The van der Waals surface area contributed by atoms with Crippen LogP contribution in [-0.4, -0.2) is 46.3 Å². The van der Waals surface area contributed by atoms with E-state index in [4.69, 9.17) is 4.74 Å². The molecule has 0 unspecified atom stereocenters. The van der Waals surface area contributed by atoms with Crippen molar-refractivity contribution >= 4 is 11.8 Å². The van der Waals surface area contributed by atoms with Crippen LogP contribution in [0, 0.1) is 0 Å². The van der Waals surface area contributed by atoms with Crippen molar-refractivity contribution < 1.29 is 4.74 Å². The second-order valence-electron chi connectivity index (χ2n) is 2.99. The van der Waals surface area contributed by atoms with E-state index in [9.17, 15) is 0 Å². The molecular formula is C8H17N5OS. The van der Waals surface area contributed by atoms with Crippen molar-refractivity contribution in [3.63, 3.8) is 0 Å². The van der Waals surface area contributed by atoms with Gasteiger partial charge in [-0.3, -0.25) is 0 Å². The molecule has 0 saturated carbocycles. The number of nitrogens with zero attached hydrogens (tertiary/aromatic N) is 4.